The zero-order valence-corrected chi connectivity index (χ0v) is 5.59. The minimum absolute atomic E-state index is 0.608. The van der Waals surface area contributed by atoms with Crippen molar-refractivity contribution in [1.82, 2.24) is 10.7 Å². The standard InChI is InChI=1S/C6H9N4/c7-6-4-1-2-8-3-5(4)9-10-6/h8H,1-3,7H2. The van der Waals surface area contributed by atoms with Crippen LogP contribution in [0.15, 0.2) is 16.5 Å². The van der Waals surface area contributed by atoms with Crippen molar-refractivity contribution in [2.45, 2.75) is 6.42 Å². The smallest absolute Gasteiger partial charge is 0.151 e. The highest BCUT2D eigenvalue weighted by Gasteiger charge is 2.21. The molecule has 0 aliphatic carbocycles. The second kappa shape index (κ2) is 1.98. The Labute approximate surface area is 59.2 Å². The van der Waals surface area contributed by atoms with Gasteiger partial charge < -0.3 is 11.1 Å². The van der Waals surface area contributed by atoms with Crippen LogP contribution in [0.4, 0.5) is 0 Å². The van der Waals surface area contributed by atoms with Crippen LogP contribution in [0.2, 0.25) is 0 Å². The second-order valence-corrected chi connectivity index (χ2v) is 2.44. The van der Waals surface area contributed by atoms with Gasteiger partial charge in [0.25, 0.3) is 0 Å². The number of nitrogens with zero attached hydrogens (tertiary/aromatic N) is 2. The summed E-state index contributed by atoms with van der Waals surface area (Å²) < 4.78 is 0. The van der Waals surface area contributed by atoms with Crippen molar-refractivity contribution in [3.63, 3.8) is 0 Å². The molecule has 2 rings (SSSR count). The molecule has 0 saturated carbocycles. The van der Waals surface area contributed by atoms with Gasteiger partial charge in [0.1, 0.15) is 0 Å². The van der Waals surface area contributed by atoms with E-state index in [1.807, 2.05) is 0 Å². The van der Waals surface area contributed by atoms with E-state index in [4.69, 9.17) is 5.73 Å². The number of hydrogen-bond acceptors (Lipinski definition) is 3. The molecule has 4 nitrogen and oxygen atoms in total. The molecule has 0 aromatic carbocycles. The molecule has 10 heavy (non-hydrogen) atoms. The van der Waals surface area contributed by atoms with Crippen LogP contribution in [0.25, 0.3) is 0 Å². The average molecular weight is 137 g/mol. The van der Waals surface area contributed by atoms with E-state index in [0.29, 0.717) is 5.82 Å². The summed E-state index contributed by atoms with van der Waals surface area (Å²) in [4.78, 5) is 0. The summed E-state index contributed by atoms with van der Waals surface area (Å²) >= 11 is 0. The van der Waals surface area contributed by atoms with Crippen LogP contribution in [-0.2, 0) is 0 Å². The summed E-state index contributed by atoms with van der Waals surface area (Å²) in [6.07, 6.45) is 0.966. The Morgan fingerprint density at radius 2 is 2.40 bits per heavy atom. The summed E-state index contributed by atoms with van der Waals surface area (Å²) in [5, 5.41) is 7.12. The van der Waals surface area contributed by atoms with Crippen LogP contribution in [0.3, 0.4) is 0 Å². The van der Waals surface area contributed by atoms with Gasteiger partial charge in [-0.15, -0.1) is 5.43 Å². The molecule has 53 valence electrons. The normalized spacial score (nSPS) is 23.8. The number of nitrogens with two attached hydrogens (primary N) is 1. The van der Waals surface area contributed by atoms with Crippen LogP contribution in [-0.4, -0.2) is 18.8 Å². The van der Waals surface area contributed by atoms with E-state index in [1.54, 1.807) is 0 Å². The minimum atomic E-state index is 0.608. The van der Waals surface area contributed by atoms with Crippen molar-refractivity contribution < 1.29 is 0 Å². The lowest BCUT2D eigenvalue weighted by molar-refractivity contribution is 0.732. The minimum Gasteiger partial charge on any atom is -0.382 e. The number of rotatable bonds is 0. The monoisotopic (exact) mass is 137 g/mol. The Balaban J connectivity index is 2.29. The predicted molar refractivity (Wildman–Crippen MR) is 38.3 cm³/mol. The largest absolute Gasteiger partial charge is 0.382 e. The van der Waals surface area contributed by atoms with Crippen LogP contribution in [0.1, 0.15) is 6.42 Å². The Morgan fingerprint density at radius 3 is 3.20 bits per heavy atom. The number of piperidine rings is 1. The van der Waals surface area contributed by atoms with Crippen LogP contribution >= 0.6 is 0 Å². The van der Waals surface area contributed by atoms with E-state index in [1.165, 1.54) is 0 Å². The topological polar surface area (TPSA) is 64.5 Å². The zero-order chi connectivity index (χ0) is 6.97. The van der Waals surface area contributed by atoms with Gasteiger partial charge in [-0.05, 0) is 13.0 Å². The Kier molecular flexibility index (Phi) is 1.14. The molecule has 3 N–H and O–H groups in total. The molecular formula is C6H9N4. The maximum atomic E-state index is 5.56. The molecule has 0 bridgehead atoms. The maximum Gasteiger partial charge on any atom is 0.151 e. The first-order valence-electron chi connectivity index (χ1n) is 3.35. The summed E-state index contributed by atoms with van der Waals surface area (Å²) in [7, 11) is 0. The lowest BCUT2D eigenvalue weighted by atomic mass is 10.0. The predicted octanol–water partition coefficient (Wildman–Crippen LogP) is -0.876. The molecule has 1 radical (unpaired) electrons. The van der Waals surface area contributed by atoms with Gasteiger partial charge in [0.15, 0.2) is 5.82 Å². The molecule has 0 unspecified atom stereocenters. The van der Waals surface area contributed by atoms with Gasteiger partial charge in [0, 0.05) is 12.1 Å². The van der Waals surface area contributed by atoms with Crippen LogP contribution < -0.4 is 16.5 Å². The van der Waals surface area contributed by atoms with Crippen molar-refractivity contribution in [2.24, 2.45) is 10.8 Å². The van der Waals surface area contributed by atoms with Crippen molar-refractivity contribution >= 4 is 5.71 Å². The van der Waals surface area contributed by atoms with Crippen molar-refractivity contribution in [3.05, 3.63) is 11.4 Å². The van der Waals surface area contributed by atoms with Gasteiger partial charge in [0.2, 0.25) is 0 Å². The molecular weight excluding hydrogens is 128 g/mol. The van der Waals surface area contributed by atoms with E-state index in [-0.39, 0.29) is 0 Å². The lowest BCUT2D eigenvalue weighted by Crippen LogP contribution is -2.31. The maximum absolute atomic E-state index is 5.56. The molecule has 0 amide bonds. The van der Waals surface area contributed by atoms with E-state index >= 15 is 0 Å². The van der Waals surface area contributed by atoms with Crippen molar-refractivity contribution in [2.75, 3.05) is 13.1 Å². The third-order valence-electron chi connectivity index (χ3n) is 1.78. The average Bonchev–Trinajstić information content (AvgIpc) is 2.34. The molecule has 0 spiro atoms. The molecule has 4 heteroatoms. The fraction of sp³-hybridized carbons (Fsp3) is 0.500. The van der Waals surface area contributed by atoms with E-state index in [2.05, 4.69) is 15.8 Å². The Morgan fingerprint density at radius 1 is 1.50 bits per heavy atom. The zero-order valence-electron chi connectivity index (χ0n) is 5.59. The number of nitrogens with one attached hydrogen (secondary N) is 1. The molecule has 0 atom stereocenters. The lowest BCUT2D eigenvalue weighted by Gasteiger charge is -2.13. The van der Waals surface area contributed by atoms with E-state index in [0.717, 1.165) is 30.8 Å². The third kappa shape index (κ3) is 0.690. The van der Waals surface area contributed by atoms with Gasteiger partial charge in [-0.25, -0.2) is 0 Å². The van der Waals surface area contributed by atoms with Crippen LogP contribution in [0.5, 0.6) is 0 Å². The summed E-state index contributed by atoms with van der Waals surface area (Å²) in [5.41, 5.74) is 11.5. The quantitative estimate of drug-likeness (QED) is 0.455. The fourth-order valence-electron chi connectivity index (χ4n) is 1.22. The Hall–Kier alpha value is -1.03. The van der Waals surface area contributed by atoms with E-state index < -0.39 is 0 Å². The van der Waals surface area contributed by atoms with Crippen molar-refractivity contribution in [1.29, 1.82) is 0 Å². The summed E-state index contributed by atoms with van der Waals surface area (Å²) in [5.74, 6) is 0.608. The molecule has 0 aromatic rings. The highest BCUT2D eigenvalue weighted by molar-refractivity contribution is 6.04. The van der Waals surface area contributed by atoms with Gasteiger partial charge in [-0.3, -0.25) is 0 Å². The third-order valence-corrected chi connectivity index (χ3v) is 1.78. The number of hydrogen-bond donors (Lipinski definition) is 2. The highest BCUT2D eigenvalue weighted by atomic mass is 15.4. The second-order valence-electron chi connectivity index (χ2n) is 2.44. The molecule has 2 heterocycles. The van der Waals surface area contributed by atoms with E-state index in [9.17, 15) is 0 Å². The van der Waals surface area contributed by atoms with Crippen LogP contribution in [0, 0.1) is 0 Å². The van der Waals surface area contributed by atoms with Crippen molar-refractivity contribution in [3.8, 4) is 0 Å². The molecule has 0 aromatic heterocycles. The summed E-state index contributed by atoms with van der Waals surface area (Å²) in [6.45, 7) is 1.81. The van der Waals surface area contributed by atoms with Gasteiger partial charge >= 0.3 is 0 Å². The van der Waals surface area contributed by atoms with Gasteiger partial charge in [0.05, 0.1) is 5.71 Å². The molecule has 1 saturated heterocycles. The molecule has 2 aliphatic heterocycles. The van der Waals surface area contributed by atoms with Gasteiger partial charge in [-0.1, -0.05) is 0 Å². The molecule has 1 fully saturated rings. The first kappa shape index (κ1) is 5.73. The first-order valence-corrected chi connectivity index (χ1v) is 3.35. The van der Waals surface area contributed by atoms with Gasteiger partial charge in [-0.2, -0.15) is 5.10 Å². The SMILES string of the molecule is NC1=C2CCNCC2=N[N]1. The fourth-order valence-corrected chi connectivity index (χ4v) is 1.22. The number of fused-ring (bicyclic) bond motifs is 1. The molecule has 2 aliphatic rings. The Bertz CT molecular complexity index is 216. The summed E-state index contributed by atoms with van der Waals surface area (Å²) in [6, 6.07) is 0. The highest BCUT2D eigenvalue weighted by Crippen LogP contribution is 2.14. The first-order chi connectivity index (χ1) is 4.88.